The molecular weight excluding hydrogens is 380 g/mol. The first-order chi connectivity index (χ1) is 14.3. The van der Waals surface area contributed by atoms with Crippen molar-refractivity contribution in [1.29, 1.82) is 0 Å². The summed E-state index contributed by atoms with van der Waals surface area (Å²) in [7, 11) is 1.76. The Balaban J connectivity index is 1.76. The fraction of sp³-hybridized carbons (Fsp3) is 0.522. The molecule has 1 saturated carbocycles. The SMILES string of the molecule is CC(=O)NC[C@]1(c2ccccc2)CC[C@@H](O)[C@H](N(C)C(=O)Cn2cc(C)cn2)CC1. The van der Waals surface area contributed by atoms with E-state index >= 15 is 0 Å². The number of benzene rings is 1. The Morgan fingerprint density at radius 2 is 1.97 bits per heavy atom. The van der Waals surface area contributed by atoms with Gasteiger partial charge < -0.3 is 15.3 Å². The van der Waals surface area contributed by atoms with Gasteiger partial charge in [-0.25, -0.2) is 0 Å². The molecule has 30 heavy (non-hydrogen) atoms. The van der Waals surface area contributed by atoms with Crippen molar-refractivity contribution in [2.24, 2.45) is 0 Å². The molecular formula is C23H32N4O3. The third-order valence-electron chi connectivity index (χ3n) is 6.29. The Hall–Kier alpha value is -2.67. The number of amides is 2. The number of carbonyl (C=O) groups is 2. The van der Waals surface area contributed by atoms with Gasteiger partial charge in [-0.15, -0.1) is 0 Å². The minimum absolute atomic E-state index is 0.0616. The van der Waals surface area contributed by atoms with Gasteiger partial charge in [-0.05, 0) is 43.7 Å². The van der Waals surface area contributed by atoms with Crippen LogP contribution in [0.25, 0.3) is 0 Å². The number of aryl methyl sites for hydroxylation is 1. The summed E-state index contributed by atoms with van der Waals surface area (Å²) >= 11 is 0. The van der Waals surface area contributed by atoms with Crippen LogP contribution in [0, 0.1) is 6.92 Å². The molecule has 1 aliphatic carbocycles. The molecule has 0 radical (unpaired) electrons. The van der Waals surface area contributed by atoms with Crippen LogP contribution in [0.15, 0.2) is 42.7 Å². The lowest BCUT2D eigenvalue weighted by molar-refractivity contribution is -0.135. The van der Waals surface area contributed by atoms with Crippen molar-refractivity contribution in [1.82, 2.24) is 20.0 Å². The van der Waals surface area contributed by atoms with Crippen LogP contribution in [-0.4, -0.2) is 57.3 Å². The number of aliphatic hydroxyl groups is 1. The van der Waals surface area contributed by atoms with Gasteiger partial charge in [0.25, 0.3) is 0 Å². The first kappa shape index (κ1) is 22.0. The van der Waals surface area contributed by atoms with Crippen LogP contribution in [0.2, 0.25) is 0 Å². The summed E-state index contributed by atoms with van der Waals surface area (Å²) in [6, 6.07) is 9.90. The molecule has 1 aliphatic rings. The minimum atomic E-state index is -0.610. The standard InChI is InChI=1S/C23H32N4O3/c1-17-13-25-27(14-17)15-22(30)26(3)20-9-11-23(12-10-21(20)29,16-24-18(2)28)19-7-5-4-6-8-19/h4-8,13-14,20-21,29H,9-12,15-16H2,1-3H3,(H,24,28)/t20-,21-,23-/m1/s1. The minimum Gasteiger partial charge on any atom is -0.391 e. The second kappa shape index (κ2) is 9.43. The molecule has 2 N–H and O–H groups in total. The molecule has 0 saturated heterocycles. The maximum Gasteiger partial charge on any atom is 0.244 e. The molecule has 0 spiro atoms. The smallest absolute Gasteiger partial charge is 0.244 e. The third-order valence-corrected chi connectivity index (χ3v) is 6.29. The third kappa shape index (κ3) is 5.08. The first-order valence-electron chi connectivity index (χ1n) is 10.5. The number of carbonyl (C=O) groups excluding carboxylic acids is 2. The molecule has 7 nitrogen and oxygen atoms in total. The molecule has 3 rings (SSSR count). The van der Waals surface area contributed by atoms with Gasteiger partial charge >= 0.3 is 0 Å². The largest absolute Gasteiger partial charge is 0.391 e. The van der Waals surface area contributed by atoms with E-state index in [1.165, 1.54) is 6.92 Å². The van der Waals surface area contributed by atoms with Crippen molar-refractivity contribution in [3.8, 4) is 0 Å². The van der Waals surface area contributed by atoms with Crippen LogP contribution in [0.1, 0.15) is 43.7 Å². The summed E-state index contributed by atoms with van der Waals surface area (Å²) in [6.45, 7) is 4.14. The number of rotatable bonds is 6. The second-order valence-corrected chi connectivity index (χ2v) is 8.49. The monoisotopic (exact) mass is 412 g/mol. The van der Waals surface area contributed by atoms with Crippen LogP contribution in [-0.2, 0) is 21.5 Å². The predicted molar refractivity (Wildman–Crippen MR) is 115 cm³/mol. The molecule has 1 heterocycles. The lowest BCUT2D eigenvalue weighted by atomic mass is 9.74. The summed E-state index contributed by atoms with van der Waals surface area (Å²) < 4.78 is 1.63. The molecule has 162 valence electrons. The summed E-state index contributed by atoms with van der Waals surface area (Å²) in [5.74, 6) is -0.135. The summed E-state index contributed by atoms with van der Waals surface area (Å²) in [4.78, 5) is 26.1. The second-order valence-electron chi connectivity index (χ2n) is 8.49. The van der Waals surface area contributed by atoms with Crippen molar-refractivity contribution < 1.29 is 14.7 Å². The van der Waals surface area contributed by atoms with E-state index in [1.807, 2.05) is 31.3 Å². The van der Waals surface area contributed by atoms with E-state index in [9.17, 15) is 14.7 Å². The Morgan fingerprint density at radius 3 is 2.60 bits per heavy atom. The van der Waals surface area contributed by atoms with Crippen molar-refractivity contribution >= 4 is 11.8 Å². The fourth-order valence-electron chi connectivity index (χ4n) is 4.45. The van der Waals surface area contributed by atoms with Crippen LogP contribution < -0.4 is 5.32 Å². The Kier molecular flexibility index (Phi) is 6.92. The quantitative estimate of drug-likeness (QED) is 0.711. The topological polar surface area (TPSA) is 87.5 Å². The highest BCUT2D eigenvalue weighted by atomic mass is 16.3. The number of aliphatic hydroxyl groups excluding tert-OH is 1. The highest BCUT2D eigenvalue weighted by Gasteiger charge is 2.39. The van der Waals surface area contributed by atoms with Crippen molar-refractivity contribution in [2.75, 3.05) is 13.6 Å². The molecule has 0 aliphatic heterocycles. The van der Waals surface area contributed by atoms with Gasteiger partial charge in [0.2, 0.25) is 11.8 Å². The van der Waals surface area contributed by atoms with Gasteiger partial charge in [0.1, 0.15) is 6.54 Å². The fourth-order valence-corrected chi connectivity index (χ4v) is 4.45. The average molecular weight is 413 g/mol. The van der Waals surface area contributed by atoms with Gasteiger partial charge in [0.05, 0.1) is 18.3 Å². The van der Waals surface area contributed by atoms with Gasteiger partial charge in [-0.3, -0.25) is 14.3 Å². The van der Waals surface area contributed by atoms with Gasteiger partial charge in [-0.1, -0.05) is 30.3 Å². The summed E-state index contributed by atoms with van der Waals surface area (Å²) in [5.41, 5.74) is 1.91. The molecule has 2 amide bonds. The van der Waals surface area contributed by atoms with E-state index in [4.69, 9.17) is 0 Å². The van der Waals surface area contributed by atoms with Crippen LogP contribution in [0.5, 0.6) is 0 Å². The molecule has 7 heteroatoms. The highest BCUT2D eigenvalue weighted by molar-refractivity contribution is 5.76. The van der Waals surface area contributed by atoms with E-state index in [0.29, 0.717) is 19.4 Å². The Morgan fingerprint density at radius 1 is 1.27 bits per heavy atom. The zero-order valence-electron chi connectivity index (χ0n) is 18.0. The molecule has 0 unspecified atom stereocenters. The normalized spacial score (nSPS) is 24.1. The molecule has 1 aromatic heterocycles. The highest BCUT2D eigenvalue weighted by Crippen LogP contribution is 2.39. The zero-order chi connectivity index (χ0) is 21.7. The Labute approximate surface area is 178 Å². The number of nitrogens with zero attached hydrogens (tertiary/aromatic N) is 3. The maximum atomic E-state index is 12.8. The van der Waals surface area contributed by atoms with Crippen LogP contribution in [0.3, 0.4) is 0 Å². The Bertz CT molecular complexity index is 866. The van der Waals surface area contributed by atoms with Crippen LogP contribution >= 0.6 is 0 Å². The van der Waals surface area contributed by atoms with Gasteiger partial charge in [0.15, 0.2) is 0 Å². The van der Waals surface area contributed by atoms with Crippen molar-refractivity contribution in [2.45, 2.75) is 63.6 Å². The van der Waals surface area contributed by atoms with Crippen LogP contribution in [0.4, 0.5) is 0 Å². The van der Waals surface area contributed by atoms with Gasteiger partial charge in [-0.2, -0.15) is 5.10 Å². The maximum absolute atomic E-state index is 12.8. The van der Waals surface area contributed by atoms with E-state index < -0.39 is 6.10 Å². The zero-order valence-corrected chi connectivity index (χ0v) is 18.0. The van der Waals surface area contributed by atoms with E-state index in [1.54, 1.807) is 22.8 Å². The average Bonchev–Trinajstić information content (AvgIpc) is 3.05. The predicted octanol–water partition coefficient (Wildman–Crippen LogP) is 2.03. The van der Waals surface area contributed by atoms with Crippen molar-refractivity contribution in [3.05, 3.63) is 53.9 Å². The number of likely N-dealkylation sites (N-methyl/N-ethyl adjacent to an activating group) is 1. The summed E-state index contributed by atoms with van der Waals surface area (Å²) in [5, 5.41) is 18.1. The van der Waals surface area contributed by atoms with E-state index in [0.717, 1.165) is 24.0 Å². The first-order valence-corrected chi connectivity index (χ1v) is 10.5. The van der Waals surface area contributed by atoms with E-state index in [-0.39, 0.29) is 29.8 Å². The molecule has 1 fully saturated rings. The van der Waals surface area contributed by atoms with Crippen molar-refractivity contribution in [3.63, 3.8) is 0 Å². The lowest BCUT2D eigenvalue weighted by Crippen LogP contribution is -2.45. The molecule has 1 aromatic carbocycles. The molecule has 2 aromatic rings. The van der Waals surface area contributed by atoms with Gasteiger partial charge in [0, 0.05) is 32.1 Å². The molecule has 0 bridgehead atoms. The number of hydrogen-bond donors (Lipinski definition) is 2. The number of aromatic nitrogens is 2. The van der Waals surface area contributed by atoms with E-state index in [2.05, 4.69) is 22.5 Å². The number of nitrogens with one attached hydrogen (secondary N) is 1. The molecule has 3 atom stereocenters. The summed E-state index contributed by atoms with van der Waals surface area (Å²) in [6.07, 6.45) is 5.70. The number of hydrogen-bond acceptors (Lipinski definition) is 4. The lowest BCUT2D eigenvalue weighted by Gasteiger charge is -2.34.